The van der Waals surface area contributed by atoms with E-state index in [2.05, 4.69) is 18.8 Å². The van der Waals surface area contributed by atoms with Crippen LogP contribution in [0.3, 0.4) is 0 Å². The molecule has 1 aliphatic carbocycles. The second-order valence-electron chi connectivity index (χ2n) is 6.73. The highest BCUT2D eigenvalue weighted by Gasteiger charge is 2.38. The predicted molar refractivity (Wildman–Crippen MR) is 83.1 cm³/mol. The summed E-state index contributed by atoms with van der Waals surface area (Å²) in [6.07, 6.45) is 11.9. The summed E-state index contributed by atoms with van der Waals surface area (Å²) in [5, 5.41) is 3.47. The molecule has 3 N–H and O–H groups in total. The third kappa shape index (κ3) is 3.61. The summed E-state index contributed by atoms with van der Waals surface area (Å²) in [7, 11) is 0. The highest BCUT2D eigenvalue weighted by molar-refractivity contribution is 5.19. The average Bonchev–Trinajstić information content (AvgIpc) is 2.99. The Hall–Kier alpha value is -0.340. The molecule has 1 saturated carbocycles. The highest BCUT2D eigenvalue weighted by Crippen LogP contribution is 2.36. The van der Waals surface area contributed by atoms with E-state index in [1.54, 1.807) is 0 Å². The van der Waals surface area contributed by atoms with E-state index in [-0.39, 0.29) is 5.54 Å². The average molecular weight is 264 g/mol. The van der Waals surface area contributed by atoms with Gasteiger partial charge in [-0.25, -0.2) is 0 Å². The van der Waals surface area contributed by atoms with Crippen LogP contribution in [0.5, 0.6) is 0 Å². The minimum Gasteiger partial charge on any atom is -0.321 e. The van der Waals surface area contributed by atoms with Gasteiger partial charge in [-0.05, 0) is 44.1 Å². The van der Waals surface area contributed by atoms with Crippen molar-refractivity contribution in [3.05, 3.63) is 12.2 Å². The van der Waals surface area contributed by atoms with Crippen LogP contribution in [0.25, 0.3) is 0 Å². The Morgan fingerprint density at radius 3 is 2.58 bits per heavy atom. The lowest BCUT2D eigenvalue weighted by molar-refractivity contribution is 0.256. The van der Waals surface area contributed by atoms with Crippen molar-refractivity contribution < 1.29 is 0 Å². The van der Waals surface area contributed by atoms with E-state index >= 15 is 0 Å². The van der Waals surface area contributed by atoms with E-state index < -0.39 is 0 Å². The Labute approximate surface area is 119 Å². The predicted octanol–water partition coefficient (Wildman–Crippen LogP) is 3.62. The molecule has 0 radical (unpaired) electrons. The van der Waals surface area contributed by atoms with Gasteiger partial charge in [0.15, 0.2) is 0 Å². The van der Waals surface area contributed by atoms with E-state index in [9.17, 15) is 0 Å². The minimum absolute atomic E-state index is 0.115. The maximum absolute atomic E-state index is 6.83. The summed E-state index contributed by atoms with van der Waals surface area (Å²) in [5.41, 5.74) is 7.99. The van der Waals surface area contributed by atoms with Crippen molar-refractivity contribution in [1.29, 1.82) is 0 Å². The quantitative estimate of drug-likeness (QED) is 0.719. The molecule has 2 unspecified atom stereocenters. The number of nitrogens with two attached hydrogens (primary N) is 1. The van der Waals surface area contributed by atoms with Gasteiger partial charge in [0, 0.05) is 12.1 Å². The SMILES string of the molecule is C=C(CC)C(N)(CCC1CCCCC1)C1CCNC1. The van der Waals surface area contributed by atoms with E-state index in [4.69, 9.17) is 5.73 Å². The molecular formula is C17H32N2. The van der Waals surface area contributed by atoms with Gasteiger partial charge in [-0.3, -0.25) is 0 Å². The summed E-state index contributed by atoms with van der Waals surface area (Å²) in [6.45, 7) is 8.71. The topological polar surface area (TPSA) is 38.0 Å². The molecule has 0 amide bonds. The summed E-state index contributed by atoms with van der Waals surface area (Å²) < 4.78 is 0. The molecule has 1 aliphatic heterocycles. The fourth-order valence-corrected chi connectivity index (χ4v) is 4.01. The van der Waals surface area contributed by atoms with Gasteiger partial charge in [0.05, 0.1) is 0 Å². The normalized spacial score (nSPS) is 28.2. The van der Waals surface area contributed by atoms with Crippen molar-refractivity contribution in [2.75, 3.05) is 13.1 Å². The third-order valence-corrected chi connectivity index (χ3v) is 5.56. The maximum atomic E-state index is 6.83. The number of hydrogen-bond donors (Lipinski definition) is 2. The number of nitrogens with one attached hydrogen (secondary N) is 1. The molecule has 1 heterocycles. The van der Waals surface area contributed by atoms with Crippen LogP contribution in [-0.2, 0) is 0 Å². The van der Waals surface area contributed by atoms with Gasteiger partial charge < -0.3 is 11.1 Å². The molecule has 0 aromatic heterocycles. The Balaban J connectivity index is 1.94. The molecule has 2 atom stereocenters. The molecule has 19 heavy (non-hydrogen) atoms. The van der Waals surface area contributed by atoms with Crippen LogP contribution in [-0.4, -0.2) is 18.6 Å². The second kappa shape index (κ2) is 6.90. The number of rotatable bonds is 6. The first-order valence-electron chi connectivity index (χ1n) is 8.34. The first-order valence-corrected chi connectivity index (χ1v) is 8.34. The zero-order valence-corrected chi connectivity index (χ0v) is 12.7. The first-order chi connectivity index (χ1) is 9.16. The molecule has 2 rings (SSSR count). The lowest BCUT2D eigenvalue weighted by Crippen LogP contribution is -2.49. The van der Waals surface area contributed by atoms with Gasteiger partial charge in [0.1, 0.15) is 0 Å². The van der Waals surface area contributed by atoms with E-state index in [0.29, 0.717) is 5.92 Å². The molecule has 110 valence electrons. The Kier molecular flexibility index (Phi) is 5.47. The van der Waals surface area contributed by atoms with Crippen LogP contribution in [0.2, 0.25) is 0 Å². The van der Waals surface area contributed by atoms with Crippen molar-refractivity contribution in [3.63, 3.8) is 0 Å². The molecule has 2 heteroatoms. The second-order valence-corrected chi connectivity index (χ2v) is 6.73. The van der Waals surface area contributed by atoms with Crippen molar-refractivity contribution in [2.45, 2.75) is 70.3 Å². The van der Waals surface area contributed by atoms with Gasteiger partial charge in [0.25, 0.3) is 0 Å². The summed E-state index contributed by atoms with van der Waals surface area (Å²) >= 11 is 0. The summed E-state index contributed by atoms with van der Waals surface area (Å²) in [5.74, 6) is 1.53. The monoisotopic (exact) mass is 264 g/mol. The molecule has 1 saturated heterocycles. The zero-order valence-electron chi connectivity index (χ0n) is 12.7. The minimum atomic E-state index is -0.115. The largest absolute Gasteiger partial charge is 0.321 e. The van der Waals surface area contributed by atoms with Crippen molar-refractivity contribution in [2.24, 2.45) is 17.6 Å². The van der Waals surface area contributed by atoms with Crippen LogP contribution >= 0.6 is 0 Å². The van der Waals surface area contributed by atoms with Gasteiger partial charge in [-0.15, -0.1) is 0 Å². The first kappa shape index (κ1) is 15.1. The molecule has 2 nitrogen and oxygen atoms in total. The number of hydrogen-bond acceptors (Lipinski definition) is 2. The molecular weight excluding hydrogens is 232 g/mol. The summed E-state index contributed by atoms with van der Waals surface area (Å²) in [6, 6.07) is 0. The fourth-order valence-electron chi connectivity index (χ4n) is 4.01. The Bertz CT molecular complexity index is 288. The van der Waals surface area contributed by atoms with Gasteiger partial charge >= 0.3 is 0 Å². The molecule has 2 fully saturated rings. The standard InChI is InChI=1S/C17H32N2/c1-3-14(2)17(18,16-10-12-19-13-16)11-9-15-7-5-4-6-8-15/h15-16,19H,2-13,18H2,1H3. The molecule has 0 spiro atoms. The van der Waals surface area contributed by atoms with E-state index in [1.165, 1.54) is 50.5 Å². The molecule has 0 bridgehead atoms. The van der Waals surface area contributed by atoms with Crippen LogP contribution in [0.1, 0.15) is 64.7 Å². The molecule has 0 aromatic carbocycles. The van der Waals surface area contributed by atoms with Gasteiger partial charge in [-0.1, -0.05) is 51.2 Å². The van der Waals surface area contributed by atoms with Crippen LogP contribution in [0, 0.1) is 11.8 Å². The molecule has 0 aromatic rings. The lowest BCUT2D eigenvalue weighted by atomic mass is 9.72. The smallest absolute Gasteiger partial charge is 0.0407 e. The van der Waals surface area contributed by atoms with Crippen molar-refractivity contribution in [1.82, 2.24) is 5.32 Å². The molecule has 2 aliphatic rings. The van der Waals surface area contributed by atoms with Gasteiger partial charge in [0.2, 0.25) is 0 Å². The Morgan fingerprint density at radius 2 is 2.00 bits per heavy atom. The van der Waals surface area contributed by atoms with Crippen molar-refractivity contribution in [3.8, 4) is 0 Å². The zero-order chi connectivity index (χ0) is 13.7. The fraction of sp³-hybridized carbons (Fsp3) is 0.882. The summed E-state index contributed by atoms with van der Waals surface area (Å²) in [4.78, 5) is 0. The van der Waals surface area contributed by atoms with Crippen LogP contribution in [0.15, 0.2) is 12.2 Å². The van der Waals surface area contributed by atoms with Crippen molar-refractivity contribution >= 4 is 0 Å². The highest BCUT2D eigenvalue weighted by atomic mass is 14.9. The Morgan fingerprint density at radius 1 is 1.26 bits per heavy atom. The van der Waals surface area contributed by atoms with E-state index in [1.807, 2.05) is 0 Å². The lowest BCUT2D eigenvalue weighted by Gasteiger charge is -2.38. The van der Waals surface area contributed by atoms with E-state index in [0.717, 1.165) is 31.8 Å². The van der Waals surface area contributed by atoms with Crippen LogP contribution < -0.4 is 11.1 Å². The van der Waals surface area contributed by atoms with Gasteiger partial charge in [-0.2, -0.15) is 0 Å². The van der Waals surface area contributed by atoms with Crippen LogP contribution in [0.4, 0.5) is 0 Å². The third-order valence-electron chi connectivity index (χ3n) is 5.56. The maximum Gasteiger partial charge on any atom is 0.0407 e.